The molecule has 2 N–H and O–H groups in total. The average molecular weight is 389 g/mol. The largest absolute Gasteiger partial charge is 0.478 e. The van der Waals surface area contributed by atoms with Crippen LogP contribution < -0.4 is 4.90 Å². The van der Waals surface area contributed by atoms with Crippen LogP contribution in [0.4, 0.5) is 5.69 Å². The fourth-order valence-corrected chi connectivity index (χ4v) is 4.52. The van der Waals surface area contributed by atoms with Gasteiger partial charge in [-0.05, 0) is 57.3 Å². The van der Waals surface area contributed by atoms with Crippen molar-refractivity contribution in [1.82, 2.24) is 4.90 Å². The fraction of sp³-hybridized carbons (Fsp3) is 0.545. The first kappa shape index (κ1) is 22.0. The standard InChI is InChI=1S/C18H28N2.C4H4O4/c1-4-18(19(2)3)20-16-11-7-5-9-14(16)13-15-10-6-8-12-17(15)20;5-3(6)1-2-4(7)8/h5,7,9,11,15,17-18H,4,6,8,10,12-13H2,1-3H3;1-2H,(H,5,6)(H,7,8)/b;2-1-/t15-,17-,18?;/m1./s1. The molecular formula is C22H32N2O4. The van der Waals surface area contributed by atoms with Crippen molar-refractivity contribution in [2.24, 2.45) is 5.92 Å². The molecule has 0 saturated heterocycles. The molecule has 3 atom stereocenters. The van der Waals surface area contributed by atoms with Crippen molar-refractivity contribution in [2.45, 2.75) is 57.7 Å². The quantitative estimate of drug-likeness (QED) is 0.750. The first-order chi connectivity index (χ1) is 13.3. The number of carboxylic acid groups (broad SMARTS) is 2. The van der Waals surface area contributed by atoms with E-state index in [-0.39, 0.29) is 0 Å². The van der Waals surface area contributed by atoms with Crippen molar-refractivity contribution in [3.8, 4) is 0 Å². The SMILES string of the molecule is CCC(N(C)C)N1c2ccccc2C[C@H]2CCCC[C@H]21.O=C(O)/C=C\C(=O)O. The number of hydrogen-bond acceptors (Lipinski definition) is 4. The second-order valence-corrected chi connectivity index (χ2v) is 7.71. The Morgan fingerprint density at radius 3 is 2.32 bits per heavy atom. The molecule has 0 amide bonds. The summed E-state index contributed by atoms with van der Waals surface area (Å²) in [5.74, 6) is -1.65. The van der Waals surface area contributed by atoms with E-state index < -0.39 is 11.9 Å². The summed E-state index contributed by atoms with van der Waals surface area (Å²) in [4.78, 5) is 24.3. The molecule has 1 heterocycles. The van der Waals surface area contributed by atoms with Gasteiger partial charge in [0.1, 0.15) is 0 Å². The highest BCUT2D eigenvalue weighted by Crippen LogP contribution is 2.42. The number of nitrogens with zero attached hydrogens (tertiary/aromatic N) is 2. The lowest BCUT2D eigenvalue weighted by atomic mass is 9.76. The zero-order valence-electron chi connectivity index (χ0n) is 17.0. The van der Waals surface area contributed by atoms with E-state index in [0.717, 1.165) is 12.0 Å². The second kappa shape index (κ2) is 10.3. The summed E-state index contributed by atoms with van der Waals surface area (Å²) in [6.07, 6.45) is 9.75. The van der Waals surface area contributed by atoms with Crippen LogP contribution >= 0.6 is 0 Å². The molecule has 1 aromatic rings. The van der Waals surface area contributed by atoms with Crippen LogP contribution in [0.2, 0.25) is 0 Å². The Morgan fingerprint density at radius 1 is 1.14 bits per heavy atom. The van der Waals surface area contributed by atoms with Crippen LogP contribution in [0, 0.1) is 5.92 Å². The van der Waals surface area contributed by atoms with E-state index in [1.54, 1.807) is 5.56 Å². The average Bonchev–Trinajstić information content (AvgIpc) is 2.66. The van der Waals surface area contributed by atoms with Crippen molar-refractivity contribution >= 4 is 17.6 Å². The number of para-hydroxylation sites is 1. The van der Waals surface area contributed by atoms with Crippen LogP contribution in [0.15, 0.2) is 36.4 Å². The molecule has 0 radical (unpaired) electrons. The molecule has 6 nitrogen and oxygen atoms in total. The number of carboxylic acids is 2. The number of aliphatic carboxylic acids is 2. The van der Waals surface area contributed by atoms with E-state index in [0.29, 0.717) is 18.3 Å². The van der Waals surface area contributed by atoms with Crippen molar-refractivity contribution in [3.05, 3.63) is 42.0 Å². The molecule has 1 unspecified atom stereocenters. The van der Waals surface area contributed by atoms with Crippen molar-refractivity contribution in [2.75, 3.05) is 19.0 Å². The molecule has 1 aliphatic heterocycles. The first-order valence-corrected chi connectivity index (χ1v) is 10.0. The number of anilines is 1. The van der Waals surface area contributed by atoms with Gasteiger partial charge in [0, 0.05) is 23.9 Å². The van der Waals surface area contributed by atoms with E-state index in [2.05, 4.69) is 55.1 Å². The molecule has 1 saturated carbocycles. The monoisotopic (exact) mass is 388 g/mol. The van der Waals surface area contributed by atoms with E-state index in [1.165, 1.54) is 44.2 Å². The van der Waals surface area contributed by atoms with Crippen molar-refractivity contribution in [3.63, 3.8) is 0 Å². The van der Waals surface area contributed by atoms with Crippen LogP contribution in [0.25, 0.3) is 0 Å². The smallest absolute Gasteiger partial charge is 0.328 e. The van der Waals surface area contributed by atoms with Gasteiger partial charge in [0.25, 0.3) is 0 Å². The van der Waals surface area contributed by atoms with Crippen molar-refractivity contribution < 1.29 is 19.8 Å². The Kier molecular flexibility index (Phi) is 8.05. The van der Waals surface area contributed by atoms with E-state index >= 15 is 0 Å². The Hall–Kier alpha value is -2.34. The van der Waals surface area contributed by atoms with Gasteiger partial charge in [0.15, 0.2) is 0 Å². The van der Waals surface area contributed by atoms with Crippen LogP contribution in [-0.4, -0.2) is 53.4 Å². The van der Waals surface area contributed by atoms with Gasteiger partial charge in [0.05, 0.1) is 6.17 Å². The van der Waals surface area contributed by atoms with Gasteiger partial charge in [-0.25, -0.2) is 9.59 Å². The second-order valence-electron chi connectivity index (χ2n) is 7.71. The lowest BCUT2D eigenvalue weighted by molar-refractivity contribution is -0.134. The number of fused-ring (bicyclic) bond motifs is 2. The maximum Gasteiger partial charge on any atom is 0.328 e. The molecule has 1 aliphatic carbocycles. The highest BCUT2D eigenvalue weighted by atomic mass is 16.4. The first-order valence-electron chi connectivity index (χ1n) is 10.0. The summed E-state index contributed by atoms with van der Waals surface area (Å²) >= 11 is 0. The predicted molar refractivity (Wildman–Crippen MR) is 111 cm³/mol. The highest BCUT2D eigenvalue weighted by Gasteiger charge is 2.38. The maximum atomic E-state index is 9.55. The third-order valence-corrected chi connectivity index (χ3v) is 5.63. The normalized spacial score (nSPS) is 22.1. The van der Waals surface area contributed by atoms with Gasteiger partial charge in [0.2, 0.25) is 0 Å². The van der Waals surface area contributed by atoms with Gasteiger partial charge in [-0.3, -0.25) is 4.90 Å². The summed E-state index contributed by atoms with van der Waals surface area (Å²) in [7, 11) is 4.45. The Labute approximate surface area is 167 Å². The third-order valence-electron chi connectivity index (χ3n) is 5.63. The lowest BCUT2D eigenvalue weighted by Crippen LogP contribution is -2.56. The highest BCUT2D eigenvalue weighted by molar-refractivity contribution is 5.89. The zero-order valence-corrected chi connectivity index (χ0v) is 17.0. The molecule has 0 bridgehead atoms. The van der Waals surface area contributed by atoms with Crippen LogP contribution in [-0.2, 0) is 16.0 Å². The van der Waals surface area contributed by atoms with Crippen LogP contribution in [0.3, 0.4) is 0 Å². The molecule has 0 spiro atoms. The molecular weight excluding hydrogens is 356 g/mol. The van der Waals surface area contributed by atoms with Gasteiger partial charge in [-0.15, -0.1) is 0 Å². The summed E-state index contributed by atoms with van der Waals surface area (Å²) in [6.45, 7) is 2.32. The molecule has 0 aromatic heterocycles. The Balaban J connectivity index is 0.000000300. The van der Waals surface area contributed by atoms with E-state index in [4.69, 9.17) is 10.2 Å². The summed E-state index contributed by atoms with van der Waals surface area (Å²) in [5.41, 5.74) is 3.06. The number of hydrogen-bond donors (Lipinski definition) is 2. The van der Waals surface area contributed by atoms with Crippen LogP contribution in [0.5, 0.6) is 0 Å². The number of rotatable bonds is 5. The minimum absolute atomic E-state index is 0.530. The Bertz CT molecular complexity index is 686. The molecule has 6 heteroatoms. The van der Waals surface area contributed by atoms with Gasteiger partial charge >= 0.3 is 11.9 Å². The summed E-state index contributed by atoms with van der Waals surface area (Å²) < 4.78 is 0. The summed E-state index contributed by atoms with van der Waals surface area (Å²) in [5, 5.41) is 15.6. The predicted octanol–water partition coefficient (Wildman–Crippen LogP) is 3.62. The molecule has 1 fully saturated rings. The minimum atomic E-state index is -1.26. The zero-order chi connectivity index (χ0) is 20.7. The minimum Gasteiger partial charge on any atom is -0.478 e. The number of benzene rings is 1. The molecule has 154 valence electrons. The molecule has 3 rings (SSSR count). The molecule has 1 aromatic carbocycles. The van der Waals surface area contributed by atoms with Crippen molar-refractivity contribution in [1.29, 1.82) is 0 Å². The fourth-order valence-electron chi connectivity index (χ4n) is 4.52. The van der Waals surface area contributed by atoms with Gasteiger partial charge in [-0.2, -0.15) is 0 Å². The van der Waals surface area contributed by atoms with Crippen LogP contribution in [0.1, 0.15) is 44.6 Å². The maximum absolute atomic E-state index is 9.55. The van der Waals surface area contributed by atoms with E-state index in [9.17, 15) is 9.59 Å². The lowest BCUT2D eigenvalue weighted by Gasteiger charge is -2.51. The van der Waals surface area contributed by atoms with Gasteiger partial charge < -0.3 is 15.1 Å². The molecule has 2 aliphatic rings. The van der Waals surface area contributed by atoms with Gasteiger partial charge in [-0.1, -0.05) is 38.0 Å². The summed E-state index contributed by atoms with van der Waals surface area (Å²) in [6, 6.07) is 9.85. The van der Waals surface area contributed by atoms with E-state index in [1.807, 2.05) is 0 Å². The topological polar surface area (TPSA) is 81.1 Å². The molecule has 28 heavy (non-hydrogen) atoms. The Morgan fingerprint density at radius 2 is 1.75 bits per heavy atom. The number of carbonyl (C=O) groups is 2. The third kappa shape index (κ3) is 5.58.